The molecule has 0 spiro atoms. The van der Waals surface area contributed by atoms with E-state index in [4.69, 9.17) is 4.74 Å². The van der Waals surface area contributed by atoms with Crippen LogP contribution in [0.5, 0.6) is 5.75 Å². The number of hydrogen-bond donors (Lipinski definition) is 2. The van der Waals surface area contributed by atoms with E-state index >= 15 is 0 Å². The normalized spacial score (nSPS) is 10.5. The molecule has 2 N–H and O–H groups in total. The van der Waals surface area contributed by atoms with Crippen LogP contribution in [0.15, 0.2) is 60.7 Å². The van der Waals surface area contributed by atoms with Gasteiger partial charge in [-0.1, -0.05) is 38.1 Å². The minimum atomic E-state index is -0.299. The van der Waals surface area contributed by atoms with E-state index in [1.807, 2.05) is 18.2 Å². The van der Waals surface area contributed by atoms with E-state index in [0.717, 1.165) is 5.69 Å². The smallest absolute Gasteiger partial charge is 0.260 e. The molecule has 0 unspecified atom stereocenters. The molecule has 0 atom stereocenters. The Bertz CT molecular complexity index is 906. The van der Waals surface area contributed by atoms with Crippen LogP contribution < -0.4 is 15.4 Å². The monoisotopic (exact) mass is 362 g/mol. The first kappa shape index (κ1) is 18.4. The molecule has 0 saturated heterocycles. The summed E-state index contributed by atoms with van der Waals surface area (Å²) in [7, 11) is 1.53. The van der Waals surface area contributed by atoms with Crippen LogP contribution in [0, 0.1) is 0 Å². The van der Waals surface area contributed by atoms with Crippen LogP contribution in [0.2, 0.25) is 0 Å². The number of para-hydroxylation sites is 1. The zero-order valence-electron chi connectivity index (χ0n) is 15.6. The Morgan fingerprint density at radius 3 is 2.22 bits per heavy atom. The van der Waals surface area contributed by atoms with Gasteiger partial charge in [0.05, 0.1) is 12.7 Å². The quantitative estimate of drug-likeness (QED) is 0.670. The minimum Gasteiger partial charge on any atom is -0.496 e. The van der Waals surface area contributed by atoms with Gasteiger partial charge in [-0.05, 0) is 47.9 Å². The number of aromatic nitrogens is 2. The van der Waals surface area contributed by atoms with Crippen LogP contribution in [-0.2, 0) is 0 Å². The summed E-state index contributed by atoms with van der Waals surface area (Å²) in [5, 5.41) is 14.1. The Kier molecular flexibility index (Phi) is 5.66. The maximum atomic E-state index is 12.4. The van der Waals surface area contributed by atoms with Gasteiger partial charge < -0.3 is 15.4 Å². The molecular weight excluding hydrogens is 340 g/mol. The number of anilines is 3. The van der Waals surface area contributed by atoms with E-state index in [1.165, 1.54) is 12.7 Å². The third-order valence-corrected chi connectivity index (χ3v) is 4.11. The summed E-state index contributed by atoms with van der Waals surface area (Å²) in [5.74, 6) is 1.66. The standard InChI is InChI=1S/C21H22N4O2/c1-14(2)15-8-10-16(11-9-15)22-19-12-13-20(25-24-19)23-21(26)17-6-4-5-7-18(17)27-3/h4-14H,1-3H3,(H,22,24)(H,23,25,26). The van der Waals surface area contributed by atoms with Gasteiger partial charge in [0.15, 0.2) is 11.6 Å². The van der Waals surface area contributed by atoms with Crippen molar-refractivity contribution in [2.24, 2.45) is 0 Å². The number of nitrogens with zero attached hydrogens (tertiary/aromatic N) is 2. The number of carbonyl (C=O) groups excluding carboxylic acids is 1. The number of hydrogen-bond acceptors (Lipinski definition) is 5. The van der Waals surface area contributed by atoms with E-state index in [0.29, 0.717) is 28.9 Å². The summed E-state index contributed by atoms with van der Waals surface area (Å²) in [5.41, 5.74) is 2.65. The lowest BCUT2D eigenvalue weighted by Gasteiger charge is -2.10. The fourth-order valence-corrected chi connectivity index (χ4v) is 2.58. The number of methoxy groups -OCH3 is 1. The molecule has 0 aliphatic heterocycles. The first-order valence-electron chi connectivity index (χ1n) is 8.72. The average molecular weight is 362 g/mol. The molecule has 1 aromatic heterocycles. The highest BCUT2D eigenvalue weighted by Crippen LogP contribution is 2.21. The fourth-order valence-electron chi connectivity index (χ4n) is 2.58. The summed E-state index contributed by atoms with van der Waals surface area (Å²) in [6.45, 7) is 4.32. The Morgan fingerprint density at radius 1 is 0.926 bits per heavy atom. The topological polar surface area (TPSA) is 76.1 Å². The van der Waals surface area contributed by atoms with Gasteiger partial charge >= 0.3 is 0 Å². The molecule has 1 amide bonds. The van der Waals surface area contributed by atoms with Gasteiger partial charge in [0.1, 0.15) is 5.75 Å². The summed E-state index contributed by atoms with van der Waals surface area (Å²) in [6.07, 6.45) is 0. The van der Waals surface area contributed by atoms with E-state index in [9.17, 15) is 4.79 Å². The van der Waals surface area contributed by atoms with Crippen molar-refractivity contribution in [2.45, 2.75) is 19.8 Å². The van der Waals surface area contributed by atoms with Crippen molar-refractivity contribution in [1.82, 2.24) is 10.2 Å². The maximum absolute atomic E-state index is 12.4. The molecule has 3 rings (SSSR count). The van der Waals surface area contributed by atoms with Crippen LogP contribution in [0.3, 0.4) is 0 Å². The van der Waals surface area contributed by atoms with Crippen LogP contribution in [0.25, 0.3) is 0 Å². The van der Waals surface area contributed by atoms with Crippen molar-refractivity contribution in [3.63, 3.8) is 0 Å². The molecule has 6 heteroatoms. The van der Waals surface area contributed by atoms with Crippen molar-refractivity contribution in [1.29, 1.82) is 0 Å². The number of amides is 1. The highest BCUT2D eigenvalue weighted by molar-refractivity contribution is 6.05. The van der Waals surface area contributed by atoms with Gasteiger partial charge in [0.25, 0.3) is 5.91 Å². The third-order valence-electron chi connectivity index (χ3n) is 4.11. The molecule has 0 aliphatic carbocycles. The van der Waals surface area contributed by atoms with Gasteiger partial charge in [-0.25, -0.2) is 0 Å². The van der Waals surface area contributed by atoms with Gasteiger partial charge in [-0.15, -0.1) is 10.2 Å². The molecule has 3 aromatic rings. The second-order valence-corrected chi connectivity index (χ2v) is 6.36. The molecule has 1 heterocycles. The molecule has 138 valence electrons. The summed E-state index contributed by atoms with van der Waals surface area (Å²) in [4.78, 5) is 12.4. The highest BCUT2D eigenvalue weighted by atomic mass is 16.5. The van der Waals surface area contributed by atoms with Gasteiger partial charge in [-0.2, -0.15) is 0 Å². The van der Waals surface area contributed by atoms with Crippen LogP contribution in [-0.4, -0.2) is 23.2 Å². The Balaban J connectivity index is 1.65. The van der Waals surface area contributed by atoms with Crippen LogP contribution in [0.4, 0.5) is 17.3 Å². The largest absolute Gasteiger partial charge is 0.496 e. The number of ether oxygens (including phenoxy) is 1. The van der Waals surface area contributed by atoms with E-state index in [2.05, 4.69) is 46.8 Å². The maximum Gasteiger partial charge on any atom is 0.260 e. The molecule has 27 heavy (non-hydrogen) atoms. The highest BCUT2D eigenvalue weighted by Gasteiger charge is 2.12. The van der Waals surface area contributed by atoms with Crippen LogP contribution in [0.1, 0.15) is 35.7 Å². The summed E-state index contributed by atoms with van der Waals surface area (Å²) < 4.78 is 5.21. The zero-order valence-corrected chi connectivity index (χ0v) is 15.6. The first-order chi connectivity index (χ1) is 13.1. The Hall–Kier alpha value is -3.41. The fraction of sp³-hybridized carbons (Fsp3) is 0.190. The Labute approximate surface area is 158 Å². The average Bonchev–Trinajstić information content (AvgIpc) is 2.69. The van der Waals surface area contributed by atoms with E-state index < -0.39 is 0 Å². The van der Waals surface area contributed by atoms with Crippen molar-refractivity contribution >= 4 is 23.2 Å². The lowest BCUT2D eigenvalue weighted by atomic mass is 10.0. The van der Waals surface area contributed by atoms with E-state index in [1.54, 1.807) is 30.3 Å². The first-order valence-corrected chi connectivity index (χ1v) is 8.72. The third kappa shape index (κ3) is 4.61. The van der Waals surface area contributed by atoms with Crippen molar-refractivity contribution in [3.05, 3.63) is 71.8 Å². The van der Waals surface area contributed by atoms with Crippen molar-refractivity contribution in [3.8, 4) is 5.75 Å². The van der Waals surface area contributed by atoms with Gasteiger partial charge in [-0.3, -0.25) is 4.79 Å². The summed E-state index contributed by atoms with van der Waals surface area (Å²) in [6, 6.07) is 18.7. The second kappa shape index (κ2) is 8.31. The second-order valence-electron chi connectivity index (χ2n) is 6.36. The predicted octanol–water partition coefficient (Wildman–Crippen LogP) is 4.60. The van der Waals surface area contributed by atoms with Crippen molar-refractivity contribution in [2.75, 3.05) is 17.7 Å². The lowest BCUT2D eigenvalue weighted by molar-refractivity contribution is 0.102. The predicted molar refractivity (Wildman–Crippen MR) is 107 cm³/mol. The van der Waals surface area contributed by atoms with Crippen molar-refractivity contribution < 1.29 is 9.53 Å². The molecular formula is C21H22N4O2. The molecule has 0 radical (unpaired) electrons. The molecule has 2 aromatic carbocycles. The number of carbonyl (C=O) groups is 1. The minimum absolute atomic E-state index is 0.299. The Morgan fingerprint density at radius 2 is 1.59 bits per heavy atom. The molecule has 0 aliphatic rings. The number of nitrogens with one attached hydrogen (secondary N) is 2. The van der Waals surface area contributed by atoms with E-state index in [-0.39, 0.29) is 5.91 Å². The summed E-state index contributed by atoms with van der Waals surface area (Å²) >= 11 is 0. The molecule has 0 bridgehead atoms. The van der Waals surface area contributed by atoms with Gasteiger partial charge in [0.2, 0.25) is 0 Å². The lowest BCUT2D eigenvalue weighted by Crippen LogP contribution is -2.14. The SMILES string of the molecule is COc1ccccc1C(=O)Nc1ccc(Nc2ccc(C(C)C)cc2)nn1. The van der Waals surface area contributed by atoms with Crippen LogP contribution >= 0.6 is 0 Å². The number of benzene rings is 2. The van der Waals surface area contributed by atoms with Gasteiger partial charge in [0, 0.05) is 5.69 Å². The molecule has 0 saturated carbocycles. The molecule has 6 nitrogen and oxygen atoms in total. The zero-order chi connectivity index (χ0) is 19.2. The number of rotatable bonds is 6. The molecule has 0 fully saturated rings.